The molecule has 5 heteroatoms. The van der Waals surface area contributed by atoms with E-state index in [9.17, 15) is 4.79 Å². The first-order valence-electron chi connectivity index (χ1n) is 6.29. The minimum absolute atomic E-state index is 0.0559. The Morgan fingerprint density at radius 2 is 2.47 bits per heavy atom. The molecule has 1 aromatic heterocycles. The Hall–Kier alpha value is -1.90. The van der Waals surface area contributed by atoms with Crippen LogP contribution in [0.1, 0.15) is 22.3 Å². The molecule has 2 heterocycles. The molecule has 0 saturated carbocycles. The Morgan fingerprint density at radius 1 is 1.63 bits per heavy atom. The fraction of sp³-hybridized carbons (Fsp3) is 0.429. The first-order valence-corrected chi connectivity index (χ1v) is 6.29. The van der Waals surface area contributed by atoms with Crippen LogP contribution >= 0.6 is 0 Å². The van der Waals surface area contributed by atoms with E-state index in [0.29, 0.717) is 24.2 Å². The normalized spacial score (nSPS) is 18.0. The minimum atomic E-state index is -0.0559. The molecule has 0 aliphatic carbocycles. The van der Waals surface area contributed by atoms with Crippen LogP contribution in [0, 0.1) is 17.8 Å². The lowest BCUT2D eigenvalue weighted by Gasteiger charge is -2.16. The van der Waals surface area contributed by atoms with Crippen molar-refractivity contribution in [1.82, 2.24) is 9.88 Å². The Kier molecular flexibility index (Phi) is 4.50. The molecule has 1 amide bonds. The number of aromatic nitrogens is 1. The molecule has 5 nitrogen and oxygen atoms in total. The molecule has 3 N–H and O–H groups in total. The standard InChI is InChI=1S/C14H17N3O2/c15-5-1-2-12-8-16-6-3-13(12)14(19)17-7-4-11(9-17)10-18/h3,6,8,11,18H,4-5,7,9-10,15H2. The molecule has 100 valence electrons. The van der Waals surface area contributed by atoms with Gasteiger partial charge in [-0.2, -0.15) is 0 Å². The van der Waals surface area contributed by atoms with Gasteiger partial charge in [0.1, 0.15) is 0 Å². The van der Waals surface area contributed by atoms with Crippen molar-refractivity contribution in [3.05, 3.63) is 29.6 Å². The summed E-state index contributed by atoms with van der Waals surface area (Å²) in [7, 11) is 0. The number of pyridine rings is 1. The second-order valence-electron chi connectivity index (χ2n) is 4.52. The summed E-state index contributed by atoms with van der Waals surface area (Å²) in [5, 5.41) is 9.12. The van der Waals surface area contributed by atoms with E-state index in [2.05, 4.69) is 16.8 Å². The second-order valence-corrected chi connectivity index (χ2v) is 4.52. The quantitative estimate of drug-likeness (QED) is 0.724. The highest BCUT2D eigenvalue weighted by Gasteiger charge is 2.27. The van der Waals surface area contributed by atoms with E-state index in [-0.39, 0.29) is 25.0 Å². The Morgan fingerprint density at radius 3 is 3.16 bits per heavy atom. The summed E-state index contributed by atoms with van der Waals surface area (Å²) in [5.41, 5.74) is 6.50. The van der Waals surface area contributed by atoms with E-state index in [4.69, 9.17) is 10.8 Å². The summed E-state index contributed by atoms with van der Waals surface area (Å²) in [4.78, 5) is 18.1. The average Bonchev–Trinajstić information content (AvgIpc) is 2.93. The predicted octanol–water partition coefficient (Wildman–Crippen LogP) is -0.154. The number of rotatable bonds is 2. The molecule has 1 aliphatic rings. The van der Waals surface area contributed by atoms with Crippen LogP contribution < -0.4 is 5.73 Å². The average molecular weight is 259 g/mol. The van der Waals surface area contributed by atoms with Crippen LogP contribution in [0.2, 0.25) is 0 Å². The number of hydrogen-bond acceptors (Lipinski definition) is 4. The van der Waals surface area contributed by atoms with Gasteiger partial charge in [-0.1, -0.05) is 11.8 Å². The molecule has 1 aromatic rings. The van der Waals surface area contributed by atoms with Gasteiger partial charge in [-0.25, -0.2) is 0 Å². The number of hydrogen-bond donors (Lipinski definition) is 2. The fourth-order valence-corrected chi connectivity index (χ4v) is 2.16. The largest absolute Gasteiger partial charge is 0.396 e. The molecule has 2 rings (SSSR count). The van der Waals surface area contributed by atoms with Crippen LogP contribution in [-0.2, 0) is 0 Å². The molecule has 1 unspecified atom stereocenters. The van der Waals surface area contributed by atoms with E-state index in [1.54, 1.807) is 23.4 Å². The molecule has 1 saturated heterocycles. The van der Waals surface area contributed by atoms with Gasteiger partial charge < -0.3 is 15.7 Å². The van der Waals surface area contributed by atoms with E-state index < -0.39 is 0 Å². The number of aliphatic hydroxyl groups is 1. The summed E-state index contributed by atoms with van der Waals surface area (Å²) in [5.74, 6) is 5.73. The highest BCUT2D eigenvalue weighted by molar-refractivity contribution is 5.96. The van der Waals surface area contributed by atoms with Gasteiger partial charge in [-0.05, 0) is 12.5 Å². The topological polar surface area (TPSA) is 79.5 Å². The molecule has 1 fully saturated rings. The van der Waals surface area contributed by atoms with E-state index in [0.717, 1.165) is 6.42 Å². The van der Waals surface area contributed by atoms with Gasteiger partial charge in [-0.15, -0.1) is 0 Å². The number of nitrogens with zero attached hydrogens (tertiary/aromatic N) is 2. The molecule has 0 bridgehead atoms. The van der Waals surface area contributed by atoms with Crippen molar-refractivity contribution in [2.75, 3.05) is 26.2 Å². The summed E-state index contributed by atoms with van der Waals surface area (Å²) < 4.78 is 0. The zero-order chi connectivity index (χ0) is 13.7. The van der Waals surface area contributed by atoms with Gasteiger partial charge in [0, 0.05) is 38.0 Å². The molecule has 1 aliphatic heterocycles. The maximum Gasteiger partial charge on any atom is 0.255 e. The summed E-state index contributed by atoms with van der Waals surface area (Å²) in [6.45, 7) is 1.65. The number of amides is 1. The van der Waals surface area contributed by atoms with Crippen molar-refractivity contribution in [3.63, 3.8) is 0 Å². The molecule has 1 atom stereocenters. The first-order chi connectivity index (χ1) is 9.26. The number of likely N-dealkylation sites (tertiary alicyclic amines) is 1. The third kappa shape index (κ3) is 3.11. The third-order valence-electron chi connectivity index (χ3n) is 3.21. The van der Waals surface area contributed by atoms with Crippen LogP contribution in [0.3, 0.4) is 0 Å². The number of nitrogens with two attached hydrogens (primary N) is 1. The van der Waals surface area contributed by atoms with Gasteiger partial charge in [0.15, 0.2) is 0 Å². The number of aliphatic hydroxyl groups excluding tert-OH is 1. The zero-order valence-corrected chi connectivity index (χ0v) is 10.7. The Labute approximate surface area is 112 Å². The van der Waals surface area contributed by atoms with Gasteiger partial charge in [0.25, 0.3) is 5.91 Å². The van der Waals surface area contributed by atoms with Crippen molar-refractivity contribution in [2.45, 2.75) is 6.42 Å². The third-order valence-corrected chi connectivity index (χ3v) is 3.21. The fourth-order valence-electron chi connectivity index (χ4n) is 2.16. The van der Waals surface area contributed by atoms with Gasteiger partial charge in [0.05, 0.1) is 17.7 Å². The maximum atomic E-state index is 12.4. The highest BCUT2D eigenvalue weighted by Crippen LogP contribution is 2.19. The van der Waals surface area contributed by atoms with E-state index >= 15 is 0 Å². The van der Waals surface area contributed by atoms with Gasteiger partial charge in [-0.3, -0.25) is 9.78 Å². The molecule has 0 aromatic carbocycles. The smallest absolute Gasteiger partial charge is 0.255 e. The lowest BCUT2D eigenvalue weighted by Crippen LogP contribution is -2.29. The Balaban J connectivity index is 2.20. The van der Waals surface area contributed by atoms with Crippen LogP contribution in [0.15, 0.2) is 18.5 Å². The van der Waals surface area contributed by atoms with Crippen LogP contribution in [0.5, 0.6) is 0 Å². The maximum absolute atomic E-state index is 12.4. The highest BCUT2D eigenvalue weighted by atomic mass is 16.3. The molecule has 0 radical (unpaired) electrons. The van der Waals surface area contributed by atoms with Crippen molar-refractivity contribution in [3.8, 4) is 11.8 Å². The van der Waals surface area contributed by atoms with Crippen LogP contribution in [0.25, 0.3) is 0 Å². The second kappa shape index (κ2) is 6.32. The van der Waals surface area contributed by atoms with Crippen LogP contribution in [-0.4, -0.2) is 47.1 Å². The van der Waals surface area contributed by atoms with E-state index in [1.165, 1.54) is 0 Å². The summed E-state index contributed by atoms with van der Waals surface area (Å²) in [6, 6.07) is 1.68. The van der Waals surface area contributed by atoms with E-state index in [1.807, 2.05) is 0 Å². The summed E-state index contributed by atoms with van der Waals surface area (Å²) >= 11 is 0. The zero-order valence-electron chi connectivity index (χ0n) is 10.7. The number of carbonyl (C=O) groups excluding carboxylic acids is 1. The monoisotopic (exact) mass is 259 g/mol. The van der Waals surface area contributed by atoms with Crippen molar-refractivity contribution >= 4 is 5.91 Å². The molecular weight excluding hydrogens is 242 g/mol. The first kappa shape index (κ1) is 13.5. The van der Waals surface area contributed by atoms with Crippen LogP contribution in [0.4, 0.5) is 0 Å². The lowest BCUT2D eigenvalue weighted by atomic mass is 10.1. The molecule has 19 heavy (non-hydrogen) atoms. The summed E-state index contributed by atoms with van der Waals surface area (Å²) in [6.07, 6.45) is 4.01. The molecular formula is C14H17N3O2. The van der Waals surface area contributed by atoms with Crippen molar-refractivity contribution in [1.29, 1.82) is 0 Å². The Bertz CT molecular complexity index is 519. The van der Waals surface area contributed by atoms with Crippen molar-refractivity contribution < 1.29 is 9.90 Å². The predicted molar refractivity (Wildman–Crippen MR) is 71.3 cm³/mol. The van der Waals surface area contributed by atoms with Gasteiger partial charge in [0.2, 0.25) is 0 Å². The number of carbonyl (C=O) groups is 1. The molecule has 0 spiro atoms. The SMILES string of the molecule is NCC#Cc1cnccc1C(=O)N1CCC(CO)C1. The minimum Gasteiger partial charge on any atom is -0.396 e. The van der Waals surface area contributed by atoms with Crippen molar-refractivity contribution in [2.24, 2.45) is 11.7 Å². The lowest BCUT2D eigenvalue weighted by molar-refractivity contribution is 0.0781. The van der Waals surface area contributed by atoms with Gasteiger partial charge >= 0.3 is 0 Å².